The molecule has 0 aliphatic rings. The smallest absolute Gasteiger partial charge is 0.255 e. The van der Waals surface area contributed by atoms with E-state index in [1.54, 1.807) is 29.2 Å². The van der Waals surface area contributed by atoms with E-state index in [-0.39, 0.29) is 5.91 Å². The van der Waals surface area contributed by atoms with Crippen LogP contribution in [0.5, 0.6) is 5.88 Å². The van der Waals surface area contributed by atoms with E-state index in [9.17, 15) is 4.79 Å². The number of hydrogen-bond donors (Lipinski definition) is 1. The molecule has 0 saturated heterocycles. The zero-order chi connectivity index (χ0) is 17.6. The molecule has 3 aromatic heterocycles. The van der Waals surface area contributed by atoms with Crippen LogP contribution < -0.4 is 10.1 Å². The van der Waals surface area contributed by atoms with Crippen molar-refractivity contribution in [3.05, 3.63) is 59.7 Å². The number of nitrogens with zero attached hydrogens (tertiary/aromatic N) is 5. The Morgan fingerprint density at radius 1 is 1.24 bits per heavy atom. The van der Waals surface area contributed by atoms with E-state index >= 15 is 0 Å². The van der Waals surface area contributed by atoms with Gasteiger partial charge in [-0.15, -0.1) is 10.2 Å². The molecule has 0 fully saturated rings. The number of pyridine rings is 1. The van der Waals surface area contributed by atoms with Crippen molar-refractivity contribution < 1.29 is 9.53 Å². The van der Waals surface area contributed by atoms with Crippen molar-refractivity contribution in [1.82, 2.24) is 30.3 Å². The molecule has 3 rings (SSSR count). The van der Waals surface area contributed by atoms with Crippen LogP contribution in [0.3, 0.4) is 0 Å². The third-order valence-electron chi connectivity index (χ3n) is 3.66. The number of amides is 1. The molecule has 0 aliphatic carbocycles. The minimum atomic E-state index is -0.199. The molecule has 1 N–H and O–H groups in total. The van der Waals surface area contributed by atoms with Gasteiger partial charge in [0, 0.05) is 12.3 Å². The normalized spacial score (nSPS) is 10.5. The molecule has 128 valence electrons. The van der Waals surface area contributed by atoms with Gasteiger partial charge in [-0.25, -0.2) is 4.68 Å². The van der Waals surface area contributed by atoms with Gasteiger partial charge in [0.1, 0.15) is 0 Å². The van der Waals surface area contributed by atoms with Crippen LogP contribution in [0.4, 0.5) is 0 Å². The second-order valence-corrected chi connectivity index (χ2v) is 5.21. The molecule has 0 saturated carbocycles. The summed E-state index contributed by atoms with van der Waals surface area (Å²) in [6.45, 7) is 2.32. The van der Waals surface area contributed by atoms with E-state index in [0.29, 0.717) is 30.2 Å². The molecule has 0 aromatic carbocycles. The summed E-state index contributed by atoms with van der Waals surface area (Å²) in [6, 6.07) is 9.02. The molecule has 0 atom stereocenters. The molecule has 0 aliphatic heterocycles. The van der Waals surface area contributed by atoms with Crippen molar-refractivity contribution in [3.63, 3.8) is 0 Å². The van der Waals surface area contributed by atoms with E-state index in [1.165, 1.54) is 7.11 Å². The van der Waals surface area contributed by atoms with Gasteiger partial charge in [-0.05, 0) is 24.6 Å². The minimum absolute atomic E-state index is 0.199. The highest BCUT2D eigenvalue weighted by Crippen LogP contribution is 2.15. The largest absolute Gasteiger partial charge is 0.480 e. The van der Waals surface area contributed by atoms with E-state index in [4.69, 9.17) is 4.74 Å². The predicted molar refractivity (Wildman–Crippen MR) is 90.5 cm³/mol. The summed E-state index contributed by atoms with van der Waals surface area (Å²) in [5, 5.41) is 15.2. The third-order valence-corrected chi connectivity index (χ3v) is 3.66. The van der Waals surface area contributed by atoms with Crippen LogP contribution >= 0.6 is 0 Å². The fourth-order valence-electron chi connectivity index (χ4n) is 2.40. The number of rotatable bonds is 6. The van der Waals surface area contributed by atoms with Crippen LogP contribution in [0, 0.1) is 0 Å². The first-order valence-electron chi connectivity index (χ1n) is 7.86. The Morgan fingerprint density at radius 3 is 2.76 bits per heavy atom. The number of aromatic nitrogens is 5. The van der Waals surface area contributed by atoms with Crippen molar-refractivity contribution in [2.24, 2.45) is 0 Å². The van der Waals surface area contributed by atoms with E-state index < -0.39 is 0 Å². The Balaban J connectivity index is 1.80. The van der Waals surface area contributed by atoms with Gasteiger partial charge in [-0.3, -0.25) is 9.78 Å². The number of methoxy groups -OCH3 is 1. The summed E-state index contributed by atoms with van der Waals surface area (Å²) in [6.07, 6.45) is 3.86. The molecule has 0 spiro atoms. The summed E-state index contributed by atoms with van der Waals surface area (Å²) >= 11 is 0. The zero-order valence-electron chi connectivity index (χ0n) is 14.0. The lowest BCUT2D eigenvalue weighted by atomic mass is 10.2. The van der Waals surface area contributed by atoms with Gasteiger partial charge in [0.2, 0.25) is 5.88 Å². The summed E-state index contributed by atoms with van der Waals surface area (Å²) in [4.78, 5) is 16.7. The molecule has 3 aromatic rings. The highest BCUT2D eigenvalue weighted by Gasteiger charge is 2.18. The number of nitrogens with one attached hydrogen (secondary N) is 1. The topological polar surface area (TPSA) is 94.8 Å². The Kier molecular flexibility index (Phi) is 4.98. The number of carbonyl (C=O) groups excluding carboxylic acids is 1. The second kappa shape index (κ2) is 7.52. The maximum atomic E-state index is 12.5. The highest BCUT2D eigenvalue weighted by molar-refractivity contribution is 5.95. The van der Waals surface area contributed by atoms with E-state index in [2.05, 4.69) is 25.6 Å². The van der Waals surface area contributed by atoms with E-state index in [1.807, 2.05) is 25.1 Å². The minimum Gasteiger partial charge on any atom is -0.480 e. The van der Waals surface area contributed by atoms with Crippen LogP contribution in [0.1, 0.15) is 28.7 Å². The summed E-state index contributed by atoms with van der Waals surface area (Å²) in [5.74, 6) is 0.749. The maximum absolute atomic E-state index is 12.5. The molecule has 0 unspecified atom stereocenters. The lowest BCUT2D eigenvalue weighted by Gasteiger charge is -2.08. The maximum Gasteiger partial charge on any atom is 0.255 e. The molecule has 1 amide bonds. The fourth-order valence-corrected chi connectivity index (χ4v) is 2.40. The molecular weight excluding hydrogens is 320 g/mol. The lowest BCUT2D eigenvalue weighted by molar-refractivity contribution is 0.0949. The predicted octanol–water partition coefficient (Wildman–Crippen LogP) is 1.56. The first-order chi connectivity index (χ1) is 12.2. The van der Waals surface area contributed by atoms with Gasteiger partial charge in [0.15, 0.2) is 5.82 Å². The van der Waals surface area contributed by atoms with Crippen molar-refractivity contribution in [1.29, 1.82) is 0 Å². The van der Waals surface area contributed by atoms with E-state index in [0.717, 1.165) is 11.4 Å². The average molecular weight is 338 g/mol. The molecule has 0 bridgehead atoms. The molecule has 8 heteroatoms. The summed E-state index contributed by atoms with van der Waals surface area (Å²) in [7, 11) is 1.53. The summed E-state index contributed by atoms with van der Waals surface area (Å²) < 4.78 is 6.62. The molecule has 25 heavy (non-hydrogen) atoms. The lowest BCUT2D eigenvalue weighted by Crippen LogP contribution is -2.24. The number of carbonyl (C=O) groups is 1. The van der Waals surface area contributed by atoms with Gasteiger partial charge < -0.3 is 10.1 Å². The van der Waals surface area contributed by atoms with Crippen LogP contribution in [-0.2, 0) is 13.0 Å². The Labute approximate surface area is 144 Å². The van der Waals surface area contributed by atoms with Crippen molar-refractivity contribution in [2.45, 2.75) is 19.9 Å². The monoisotopic (exact) mass is 338 g/mol. The first-order valence-corrected chi connectivity index (χ1v) is 7.86. The van der Waals surface area contributed by atoms with Gasteiger partial charge in [0.05, 0.1) is 36.8 Å². The zero-order valence-corrected chi connectivity index (χ0v) is 14.0. The molecule has 0 radical (unpaired) electrons. The highest BCUT2D eigenvalue weighted by atomic mass is 16.5. The van der Waals surface area contributed by atoms with Crippen molar-refractivity contribution in [2.75, 3.05) is 7.11 Å². The Hall–Kier alpha value is -3.29. The number of ether oxygens (including phenoxy) is 1. The summed E-state index contributed by atoms with van der Waals surface area (Å²) in [5.41, 5.74) is 2.07. The second-order valence-electron chi connectivity index (χ2n) is 5.21. The van der Waals surface area contributed by atoms with Crippen LogP contribution in [0.25, 0.3) is 5.82 Å². The van der Waals surface area contributed by atoms with Crippen LogP contribution in [0.2, 0.25) is 0 Å². The SMILES string of the molecule is CCc1c(C(=O)NCc2ccccn2)cnn1-c1ccc(OC)nn1. The number of hydrogen-bond acceptors (Lipinski definition) is 6. The van der Waals surface area contributed by atoms with Crippen molar-refractivity contribution >= 4 is 5.91 Å². The quantitative estimate of drug-likeness (QED) is 0.733. The average Bonchev–Trinajstić information content (AvgIpc) is 3.11. The first kappa shape index (κ1) is 16.6. The van der Waals surface area contributed by atoms with Crippen molar-refractivity contribution in [3.8, 4) is 11.7 Å². The third kappa shape index (κ3) is 3.63. The Morgan fingerprint density at radius 2 is 2.12 bits per heavy atom. The molecular formula is C17H18N6O2. The molecule has 8 nitrogen and oxygen atoms in total. The standard InChI is InChI=1S/C17H18N6O2/c1-3-14-13(17(24)19-10-12-6-4-5-9-18-12)11-20-23(14)15-7-8-16(25-2)22-21-15/h4-9,11H,3,10H2,1-2H3,(H,19,24). The van der Waals surface area contributed by atoms with Gasteiger partial charge in [0.25, 0.3) is 5.91 Å². The fraction of sp³-hybridized carbons (Fsp3) is 0.235. The van der Waals surface area contributed by atoms with Crippen LogP contribution in [0.15, 0.2) is 42.7 Å². The van der Waals surface area contributed by atoms with Crippen LogP contribution in [-0.4, -0.2) is 38.0 Å². The Bertz CT molecular complexity index is 845. The van der Waals surface area contributed by atoms with Gasteiger partial charge in [-0.2, -0.15) is 5.10 Å². The van der Waals surface area contributed by atoms with Gasteiger partial charge >= 0.3 is 0 Å². The van der Waals surface area contributed by atoms with Gasteiger partial charge in [-0.1, -0.05) is 13.0 Å². The molecule has 3 heterocycles.